The number of fused-ring (bicyclic) bond motifs is 2. The zero-order chi connectivity index (χ0) is 40.1. The van der Waals surface area contributed by atoms with Crippen LogP contribution in [0.5, 0.6) is 0 Å². The van der Waals surface area contributed by atoms with Crippen LogP contribution in [0.2, 0.25) is 0 Å². The van der Waals surface area contributed by atoms with Crippen LogP contribution in [0, 0.1) is 44.8 Å². The maximum absolute atomic E-state index is 12.2. The lowest BCUT2D eigenvalue weighted by molar-refractivity contribution is -0.339. The highest BCUT2D eigenvalue weighted by atomic mass is 16.7. The van der Waals surface area contributed by atoms with Gasteiger partial charge in [0.2, 0.25) is 0 Å². The first-order chi connectivity index (χ1) is 25.5. The van der Waals surface area contributed by atoms with Gasteiger partial charge in [-0.05, 0) is 117 Å². The van der Waals surface area contributed by atoms with E-state index in [1.165, 1.54) is 0 Å². The number of hydrogen-bond donors (Lipinski definition) is 9. The van der Waals surface area contributed by atoms with Crippen LogP contribution in [0.3, 0.4) is 0 Å². The molecule has 14 heteroatoms. The van der Waals surface area contributed by atoms with Crippen LogP contribution >= 0.6 is 0 Å². The monoisotopic (exact) mass is 784 g/mol. The Kier molecular flexibility index (Phi) is 9.90. The highest BCUT2D eigenvalue weighted by Crippen LogP contribution is 2.89. The molecule has 14 nitrogen and oxygen atoms in total. The molecule has 8 fully saturated rings. The maximum atomic E-state index is 12.2. The third-order valence-corrected chi connectivity index (χ3v) is 17.6. The van der Waals surface area contributed by atoms with Crippen LogP contribution in [0.15, 0.2) is 0 Å². The van der Waals surface area contributed by atoms with Crippen molar-refractivity contribution in [1.82, 2.24) is 0 Å². The molecule has 0 aromatic heterocycles. The summed E-state index contributed by atoms with van der Waals surface area (Å²) in [4.78, 5) is 0. The predicted molar refractivity (Wildman–Crippen MR) is 194 cm³/mol. The van der Waals surface area contributed by atoms with E-state index in [9.17, 15) is 46.0 Å². The Hall–Kier alpha value is -0.560. The summed E-state index contributed by atoms with van der Waals surface area (Å²) in [5, 5.41) is 97.2. The second kappa shape index (κ2) is 13.2. The molecule has 0 amide bonds. The number of aliphatic hydroxyl groups excluding tert-OH is 8. The topological polar surface area (TPSA) is 228 Å². The molecule has 55 heavy (non-hydrogen) atoms. The molecular weight excluding hydrogens is 716 g/mol. The van der Waals surface area contributed by atoms with E-state index in [0.717, 1.165) is 32.1 Å². The Labute approximate surface area is 324 Å². The van der Waals surface area contributed by atoms with Gasteiger partial charge in [-0.3, -0.25) is 0 Å². The number of rotatable bonds is 7. The minimum atomic E-state index is -1.60. The van der Waals surface area contributed by atoms with Crippen LogP contribution in [-0.4, -0.2) is 150 Å². The molecule has 5 saturated carbocycles. The minimum Gasteiger partial charge on any atom is -0.394 e. The fourth-order valence-corrected chi connectivity index (χ4v) is 14.9. The summed E-state index contributed by atoms with van der Waals surface area (Å²) >= 11 is 0. The molecule has 5 aliphatic carbocycles. The van der Waals surface area contributed by atoms with E-state index in [4.69, 9.17) is 23.7 Å². The summed E-state index contributed by atoms with van der Waals surface area (Å²) in [6, 6.07) is 0. The average Bonchev–Trinajstić information content (AvgIpc) is 3.47. The lowest BCUT2D eigenvalue weighted by Crippen LogP contribution is -2.65. The summed E-state index contributed by atoms with van der Waals surface area (Å²) in [7, 11) is 0. The van der Waals surface area contributed by atoms with Gasteiger partial charge in [0.1, 0.15) is 42.7 Å². The van der Waals surface area contributed by atoms with E-state index in [-0.39, 0.29) is 52.1 Å². The van der Waals surface area contributed by atoms with Crippen LogP contribution in [0.25, 0.3) is 0 Å². The third-order valence-electron chi connectivity index (χ3n) is 17.6. The second-order valence-electron chi connectivity index (χ2n) is 21.1. The quantitative estimate of drug-likeness (QED) is 0.162. The van der Waals surface area contributed by atoms with Crippen molar-refractivity contribution in [2.45, 2.75) is 197 Å². The third kappa shape index (κ3) is 5.70. The lowest BCUT2D eigenvalue weighted by Gasteiger charge is -2.65. The molecule has 2 spiro atoms. The molecule has 8 rings (SSSR count). The van der Waals surface area contributed by atoms with Gasteiger partial charge in [0.25, 0.3) is 0 Å². The van der Waals surface area contributed by atoms with Crippen LogP contribution in [0.1, 0.15) is 106 Å². The van der Waals surface area contributed by atoms with Gasteiger partial charge in [0.05, 0.1) is 48.8 Å². The van der Waals surface area contributed by atoms with Crippen molar-refractivity contribution in [2.75, 3.05) is 13.2 Å². The number of ether oxygens (including phenoxy) is 5. The summed E-state index contributed by atoms with van der Waals surface area (Å²) in [5.41, 5.74) is -3.16. The molecule has 8 aliphatic rings. The predicted octanol–water partition coefficient (Wildman–Crippen LogP) is 0.724. The standard InChI is InChI=1S/C41H68O14/c1-35(2)24(54-33-29(48)26(45)20(44)17-51-33)9-11-41-18-40(41)13-12-37(5)31(39(7)10-8-25(55-39)36(3,4)50)19(43)15-38(37,6)23(40)14-21(32(35)41)52-34-30(49)28(47)27(46)22(16-42)53-34/h19-34,42-50H,8-18H2,1-7H3/t19-,20+,21-,22+,23-,24-,25-,26-,27+,28-,29+,30+,31-,32-,33?,34?,37+,38-,39+,40-,41?/m0/s1. The van der Waals surface area contributed by atoms with Crippen LogP contribution in [-0.2, 0) is 23.7 Å². The molecule has 316 valence electrons. The van der Waals surface area contributed by atoms with Crippen molar-refractivity contribution in [3.63, 3.8) is 0 Å². The largest absolute Gasteiger partial charge is 0.394 e. The summed E-state index contributed by atoms with van der Waals surface area (Å²) < 4.78 is 31.9. The fourth-order valence-electron chi connectivity index (χ4n) is 14.9. The lowest BCUT2D eigenvalue weighted by atomic mass is 9.41. The second-order valence-corrected chi connectivity index (χ2v) is 21.1. The van der Waals surface area contributed by atoms with Crippen molar-refractivity contribution in [2.24, 2.45) is 44.8 Å². The van der Waals surface area contributed by atoms with Crippen molar-refractivity contribution >= 4 is 0 Å². The molecule has 3 unspecified atom stereocenters. The highest BCUT2D eigenvalue weighted by molar-refractivity contribution is 5.33. The summed E-state index contributed by atoms with van der Waals surface area (Å²) in [6.07, 6.45) is -7.48. The molecule has 0 bridgehead atoms. The van der Waals surface area contributed by atoms with E-state index < -0.39 is 96.8 Å². The normalized spacial score (nSPS) is 58.7. The average molecular weight is 785 g/mol. The SMILES string of the molecule is CC(C)(O)[C@@H]1CC[C@](C)([C@H]2[C@@H](O)C[C@@]3(C)[C@@H]4C[C@H](OC5O[C@H](CO)[C@@H](O)[C@H](O)[C@H]5O)[C@H]5C(C)(C)[C@@H](OC6OC[C@@H](O)[C@H](O)[C@H]6O)CCC56C[C@@]46CC[C@]23C)O1. The van der Waals surface area contributed by atoms with E-state index in [1.54, 1.807) is 13.8 Å². The first kappa shape index (κ1) is 41.2. The molecular formula is C41H68O14. The van der Waals surface area contributed by atoms with Crippen molar-refractivity contribution in [1.29, 1.82) is 0 Å². The van der Waals surface area contributed by atoms with Gasteiger partial charge >= 0.3 is 0 Å². The smallest absolute Gasteiger partial charge is 0.186 e. The maximum Gasteiger partial charge on any atom is 0.186 e. The van der Waals surface area contributed by atoms with E-state index in [2.05, 4.69) is 34.6 Å². The van der Waals surface area contributed by atoms with Crippen LogP contribution < -0.4 is 0 Å². The summed E-state index contributed by atoms with van der Waals surface area (Å²) in [5.74, 6) is -0.215. The first-order valence-corrected chi connectivity index (χ1v) is 20.9. The minimum absolute atomic E-state index is 0.0633. The Morgan fingerprint density at radius 2 is 1.40 bits per heavy atom. The van der Waals surface area contributed by atoms with Gasteiger partial charge in [0.15, 0.2) is 12.6 Å². The van der Waals surface area contributed by atoms with Gasteiger partial charge in [-0.1, -0.05) is 27.7 Å². The Balaban J connectivity index is 1.15. The van der Waals surface area contributed by atoms with Gasteiger partial charge < -0.3 is 69.6 Å². The Morgan fingerprint density at radius 3 is 2.05 bits per heavy atom. The van der Waals surface area contributed by atoms with Gasteiger partial charge in [-0.25, -0.2) is 0 Å². The molecule has 0 radical (unpaired) electrons. The van der Waals surface area contributed by atoms with Crippen molar-refractivity contribution < 1.29 is 69.6 Å². The first-order valence-electron chi connectivity index (χ1n) is 20.9. The molecule has 21 atom stereocenters. The van der Waals surface area contributed by atoms with Gasteiger partial charge in [-0.2, -0.15) is 0 Å². The number of hydrogen-bond acceptors (Lipinski definition) is 14. The number of aliphatic hydroxyl groups is 9. The van der Waals surface area contributed by atoms with E-state index in [0.29, 0.717) is 25.7 Å². The molecule has 9 N–H and O–H groups in total. The molecule has 3 saturated heterocycles. The Bertz CT molecular complexity index is 1460. The molecule has 3 heterocycles. The van der Waals surface area contributed by atoms with E-state index >= 15 is 0 Å². The molecule has 0 aromatic rings. The fraction of sp³-hybridized carbons (Fsp3) is 1.00. The zero-order valence-electron chi connectivity index (χ0n) is 33.6. The van der Waals surface area contributed by atoms with Crippen molar-refractivity contribution in [3.05, 3.63) is 0 Å². The van der Waals surface area contributed by atoms with Gasteiger partial charge in [-0.15, -0.1) is 0 Å². The van der Waals surface area contributed by atoms with Crippen molar-refractivity contribution in [3.8, 4) is 0 Å². The highest BCUT2D eigenvalue weighted by Gasteiger charge is 2.85. The van der Waals surface area contributed by atoms with E-state index in [1.807, 2.05) is 0 Å². The Morgan fingerprint density at radius 1 is 0.709 bits per heavy atom. The zero-order valence-corrected chi connectivity index (χ0v) is 33.6. The van der Waals surface area contributed by atoms with Gasteiger partial charge in [0, 0.05) is 5.92 Å². The van der Waals surface area contributed by atoms with Crippen LogP contribution in [0.4, 0.5) is 0 Å². The molecule has 0 aromatic carbocycles. The molecule has 3 aliphatic heterocycles. The summed E-state index contributed by atoms with van der Waals surface area (Å²) in [6.45, 7) is 13.8.